The third-order valence-electron chi connectivity index (χ3n) is 6.90. The van der Waals surface area contributed by atoms with Crippen molar-refractivity contribution in [2.75, 3.05) is 6.61 Å². The van der Waals surface area contributed by atoms with Crippen LogP contribution in [0.5, 0.6) is 0 Å². The molecule has 0 saturated heterocycles. The van der Waals surface area contributed by atoms with Gasteiger partial charge < -0.3 is 9.39 Å². The van der Waals surface area contributed by atoms with Crippen LogP contribution in [0.2, 0.25) is 11.6 Å². The van der Waals surface area contributed by atoms with Gasteiger partial charge in [0.1, 0.15) is 0 Å². The van der Waals surface area contributed by atoms with E-state index in [1.807, 2.05) is 0 Å². The molecule has 3 rings (SSSR count). The van der Waals surface area contributed by atoms with Gasteiger partial charge in [-0.25, -0.2) is 0 Å². The Morgan fingerprint density at radius 3 is 1.72 bits per heavy atom. The van der Waals surface area contributed by atoms with E-state index in [-0.39, 0.29) is 0 Å². The lowest BCUT2D eigenvalue weighted by Gasteiger charge is -2.35. The SMILES string of the molecule is C/C=C(/OCC1CCCCC1)OB(C1CCCCC1)C1CCCCC1. The number of rotatable bonds is 7. The van der Waals surface area contributed by atoms with Crippen LogP contribution in [0.25, 0.3) is 0 Å². The maximum Gasteiger partial charge on any atom is 0.368 e. The van der Waals surface area contributed by atoms with E-state index >= 15 is 0 Å². The monoisotopic (exact) mass is 346 g/mol. The van der Waals surface area contributed by atoms with Crippen LogP contribution in [0.1, 0.15) is 103 Å². The molecule has 0 atom stereocenters. The number of hydrogen-bond acceptors (Lipinski definition) is 2. The minimum absolute atomic E-state index is 0.401. The maximum atomic E-state index is 6.61. The summed E-state index contributed by atoms with van der Waals surface area (Å²) in [6.07, 6.45) is 22.8. The molecule has 142 valence electrons. The molecule has 0 heterocycles. The molecule has 0 aromatic heterocycles. The van der Waals surface area contributed by atoms with E-state index < -0.39 is 0 Å². The summed E-state index contributed by atoms with van der Waals surface area (Å²) in [5.41, 5.74) is 0. The Morgan fingerprint density at radius 1 is 0.760 bits per heavy atom. The van der Waals surface area contributed by atoms with Crippen LogP contribution in [-0.4, -0.2) is 13.5 Å². The lowest BCUT2D eigenvalue weighted by atomic mass is 9.42. The third kappa shape index (κ3) is 5.96. The molecular formula is C22H39BO2. The van der Waals surface area contributed by atoms with Crippen LogP contribution in [0.3, 0.4) is 0 Å². The fraction of sp³-hybridized carbons (Fsp3) is 0.909. The molecular weight excluding hydrogens is 307 g/mol. The number of hydrogen-bond donors (Lipinski definition) is 0. The molecule has 0 unspecified atom stereocenters. The Balaban J connectivity index is 1.56. The van der Waals surface area contributed by atoms with Crippen LogP contribution >= 0.6 is 0 Å². The molecule has 2 nitrogen and oxygen atoms in total. The van der Waals surface area contributed by atoms with Gasteiger partial charge in [-0.3, -0.25) is 0 Å². The van der Waals surface area contributed by atoms with Gasteiger partial charge in [0.25, 0.3) is 5.95 Å². The van der Waals surface area contributed by atoms with Gasteiger partial charge in [-0.1, -0.05) is 83.5 Å². The van der Waals surface area contributed by atoms with Gasteiger partial charge in [0.05, 0.1) is 6.61 Å². The molecule has 3 saturated carbocycles. The fourth-order valence-electron chi connectivity index (χ4n) is 5.38. The molecule has 0 amide bonds. The summed E-state index contributed by atoms with van der Waals surface area (Å²) in [4.78, 5) is 0. The first-order valence-corrected chi connectivity index (χ1v) is 11.3. The van der Waals surface area contributed by atoms with Crippen LogP contribution in [-0.2, 0) is 9.39 Å². The van der Waals surface area contributed by atoms with Crippen molar-refractivity contribution in [3.05, 3.63) is 12.0 Å². The van der Waals surface area contributed by atoms with Crippen molar-refractivity contribution in [3.63, 3.8) is 0 Å². The highest BCUT2D eigenvalue weighted by molar-refractivity contribution is 6.55. The zero-order valence-corrected chi connectivity index (χ0v) is 16.5. The Labute approximate surface area is 156 Å². The highest BCUT2D eigenvalue weighted by Crippen LogP contribution is 2.42. The smallest absolute Gasteiger partial charge is 0.368 e. The predicted octanol–water partition coefficient (Wildman–Crippen LogP) is 7.12. The standard InChI is InChI=1S/C22H39BO2/c1-2-22(24-18-19-12-6-3-7-13-19)25-23(20-14-8-4-9-15-20)21-16-10-5-11-17-21/h2,19-21H,3-18H2,1H3/b22-2-. The maximum absolute atomic E-state index is 6.61. The molecule has 0 aromatic carbocycles. The first-order valence-electron chi connectivity index (χ1n) is 11.3. The highest BCUT2D eigenvalue weighted by atomic mass is 16.7. The molecule has 0 spiro atoms. The topological polar surface area (TPSA) is 18.5 Å². The number of ether oxygens (including phenoxy) is 1. The van der Waals surface area contributed by atoms with E-state index in [1.165, 1.54) is 96.3 Å². The van der Waals surface area contributed by atoms with E-state index in [0.717, 1.165) is 30.1 Å². The van der Waals surface area contributed by atoms with E-state index in [4.69, 9.17) is 9.39 Å². The Kier molecular flexibility index (Phi) is 8.08. The van der Waals surface area contributed by atoms with Gasteiger partial charge in [0, 0.05) is 0 Å². The van der Waals surface area contributed by atoms with Crippen molar-refractivity contribution in [1.82, 2.24) is 0 Å². The van der Waals surface area contributed by atoms with Gasteiger partial charge >= 0.3 is 6.92 Å². The predicted molar refractivity (Wildman–Crippen MR) is 107 cm³/mol. The highest BCUT2D eigenvalue weighted by Gasteiger charge is 2.39. The molecule has 0 aliphatic heterocycles. The summed E-state index contributed by atoms with van der Waals surface area (Å²) in [7, 11) is 0. The van der Waals surface area contributed by atoms with Crippen LogP contribution in [0.4, 0.5) is 0 Å². The minimum atomic E-state index is 0.401. The molecule has 3 aliphatic carbocycles. The van der Waals surface area contributed by atoms with E-state index in [2.05, 4.69) is 13.0 Å². The van der Waals surface area contributed by atoms with Crippen molar-refractivity contribution in [2.45, 2.75) is 115 Å². The molecule has 3 fully saturated rings. The second kappa shape index (κ2) is 10.5. The molecule has 0 bridgehead atoms. The van der Waals surface area contributed by atoms with Crippen molar-refractivity contribution in [3.8, 4) is 0 Å². The second-order valence-corrected chi connectivity index (χ2v) is 8.80. The van der Waals surface area contributed by atoms with Crippen molar-refractivity contribution < 1.29 is 9.39 Å². The average molecular weight is 346 g/mol. The van der Waals surface area contributed by atoms with E-state index in [1.54, 1.807) is 0 Å². The lowest BCUT2D eigenvalue weighted by molar-refractivity contribution is 0.0654. The Morgan fingerprint density at radius 2 is 1.24 bits per heavy atom. The van der Waals surface area contributed by atoms with Crippen LogP contribution in [0, 0.1) is 5.92 Å². The summed E-state index contributed by atoms with van der Waals surface area (Å²) >= 11 is 0. The van der Waals surface area contributed by atoms with E-state index in [9.17, 15) is 0 Å². The largest absolute Gasteiger partial charge is 0.536 e. The summed E-state index contributed by atoms with van der Waals surface area (Å²) in [5, 5.41) is 0. The molecule has 0 aromatic rings. The quantitative estimate of drug-likeness (QED) is 0.361. The van der Waals surface area contributed by atoms with E-state index in [0.29, 0.717) is 6.92 Å². The third-order valence-corrected chi connectivity index (χ3v) is 6.90. The summed E-state index contributed by atoms with van der Waals surface area (Å²) in [6.45, 7) is 3.34. The molecule has 3 aliphatic rings. The lowest BCUT2D eigenvalue weighted by Crippen LogP contribution is -2.33. The summed E-state index contributed by atoms with van der Waals surface area (Å²) in [6, 6.07) is 0. The Hall–Kier alpha value is -0.595. The molecule has 3 heteroatoms. The molecule has 25 heavy (non-hydrogen) atoms. The van der Waals surface area contributed by atoms with Crippen LogP contribution < -0.4 is 0 Å². The zero-order chi connectivity index (χ0) is 17.3. The van der Waals surface area contributed by atoms with Gasteiger partial charge in [-0.05, 0) is 43.4 Å². The van der Waals surface area contributed by atoms with Gasteiger partial charge in [0.15, 0.2) is 0 Å². The summed E-state index contributed by atoms with van der Waals surface area (Å²) in [5.74, 6) is 3.08. The van der Waals surface area contributed by atoms with Gasteiger partial charge in [-0.2, -0.15) is 0 Å². The molecule has 0 N–H and O–H groups in total. The fourth-order valence-corrected chi connectivity index (χ4v) is 5.38. The van der Waals surface area contributed by atoms with Gasteiger partial charge in [-0.15, -0.1) is 0 Å². The molecule has 0 radical (unpaired) electrons. The van der Waals surface area contributed by atoms with Crippen molar-refractivity contribution in [1.29, 1.82) is 0 Å². The number of allylic oxidation sites excluding steroid dienone is 1. The summed E-state index contributed by atoms with van der Waals surface area (Å²) < 4.78 is 12.8. The van der Waals surface area contributed by atoms with Gasteiger partial charge in [0.2, 0.25) is 0 Å². The van der Waals surface area contributed by atoms with Crippen molar-refractivity contribution >= 4 is 6.92 Å². The Bertz CT molecular complexity index is 373. The average Bonchev–Trinajstić information content (AvgIpc) is 2.70. The van der Waals surface area contributed by atoms with Crippen molar-refractivity contribution in [2.24, 2.45) is 5.92 Å². The second-order valence-electron chi connectivity index (χ2n) is 8.80. The normalized spacial score (nSPS) is 24.9. The minimum Gasteiger partial charge on any atom is -0.536 e. The first-order chi connectivity index (χ1) is 12.4. The zero-order valence-electron chi connectivity index (χ0n) is 16.5. The van der Waals surface area contributed by atoms with Crippen LogP contribution in [0.15, 0.2) is 12.0 Å². The first kappa shape index (κ1) is 19.2.